The van der Waals surface area contributed by atoms with Crippen molar-refractivity contribution in [3.63, 3.8) is 0 Å². The van der Waals surface area contributed by atoms with Gasteiger partial charge in [0.25, 0.3) is 0 Å². The van der Waals surface area contributed by atoms with E-state index in [0.717, 1.165) is 37.0 Å². The molecule has 4 bridgehead atoms. The fraction of sp³-hybridized carbons (Fsp3) is 0.867. The van der Waals surface area contributed by atoms with E-state index in [1.807, 2.05) is 4.90 Å². The smallest absolute Gasteiger partial charge is 0.239 e. The second-order valence-electron chi connectivity index (χ2n) is 7.11. The molecule has 0 spiro atoms. The third-order valence-electron chi connectivity index (χ3n) is 5.66. The highest BCUT2D eigenvalue weighted by Crippen LogP contribution is 2.58. The van der Waals surface area contributed by atoms with E-state index < -0.39 is 6.04 Å². The Hall–Kier alpha value is -1.06. The van der Waals surface area contributed by atoms with E-state index in [0.29, 0.717) is 0 Å². The minimum atomic E-state index is -0.478. The molecule has 4 rings (SSSR count). The molecule has 0 aromatic rings. The average Bonchev–Trinajstić information content (AvgIpc) is 2.25. The van der Waals surface area contributed by atoms with Crippen molar-refractivity contribution < 1.29 is 9.59 Å². The van der Waals surface area contributed by atoms with Crippen LogP contribution in [0.15, 0.2) is 0 Å². The second-order valence-corrected chi connectivity index (χ2v) is 7.11. The molecule has 0 unspecified atom stereocenters. The van der Waals surface area contributed by atoms with Crippen LogP contribution in [0.2, 0.25) is 0 Å². The molecule has 0 aromatic heterocycles. The number of nitrogens with two attached hydrogens (primary N) is 1. The number of carbonyl (C=O) groups excluding carboxylic acids is 2. The van der Waals surface area contributed by atoms with Crippen LogP contribution in [0.3, 0.4) is 0 Å². The zero-order valence-corrected chi connectivity index (χ0v) is 11.9. The Bertz CT molecular complexity index is 383. The molecule has 4 fully saturated rings. The second kappa shape index (κ2) is 4.22. The molecule has 2 amide bonds. The van der Waals surface area contributed by atoms with Gasteiger partial charge in [0.2, 0.25) is 11.8 Å². The Morgan fingerprint density at radius 3 is 1.84 bits per heavy atom. The van der Waals surface area contributed by atoms with Gasteiger partial charge in [-0.05, 0) is 63.2 Å². The van der Waals surface area contributed by atoms with Crippen molar-refractivity contribution in [3.05, 3.63) is 0 Å². The maximum Gasteiger partial charge on any atom is 0.239 e. The number of nitrogens with zero attached hydrogens (tertiary/aromatic N) is 1. The zero-order chi connectivity index (χ0) is 13.8. The van der Waals surface area contributed by atoms with Gasteiger partial charge in [-0.2, -0.15) is 0 Å². The number of rotatable bonds is 3. The summed E-state index contributed by atoms with van der Waals surface area (Å²) >= 11 is 0. The average molecular weight is 264 g/mol. The molecule has 0 radical (unpaired) electrons. The lowest BCUT2D eigenvalue weighted by molar-refractivity contribution is -0.158. The van der Waals surface area contributed by atoms with Crippen molar-refractivity contribution in [2.45, 2.75) is 64.0 Å². The maximum absolute atomic E-state index is 12.1. The number of hydrogen-bond acceptors (Lipinski definition) is 2. The molecule has 4 heteroatoms. The van der Waals surface area contributed by atoms with Crippen LogP contribution in [0.1, 0.15) is 52.4 Å². The van der Waals surface area contributed by atoms with Crippen LogP contribution in [0, 0.1) is 17.8 Å². The summed E-state index contributed by atoms with van der Waals surface area (Å²) in [7, 11) is 0. The summed E-state index contributed by atoms with van der Waals surface area (Å²) in [4.78, 5) is 25.5. The first-order chi connectivity index (χ1) is 8.91. The molecule has 106 valence electrons. The Labute approximate surface area is 114 Å². The first-order valence-electron chi connectivity index (χ1n) is 7.50. The first-order valence-corrected chi connectivity index (χ1v) is 7.50. The van der Waals surface area contributed by atoms with E-state index in [1.165, 1.54) is 19.3 Å². The van der Waals surface area contributed by atoms with Crippen molar-refractivity contribution in [1.29, 1.82) is 0 Å². The van der Waals surface area contributed by atoms with E-state index >= 15 is 0 Å². The van der Waals surface area contributed by atoms with Crippen LogP contribution in [-0.2, 0) is 9.59 Å². The summed E-state index contributed by atoms with van der Waals surface area (Å²) in [5, 5.41) is 0. The van der Waals surface area contributed by atoms with Gasteiger partial charge in [0.15, 0.2) is 0 Å². The molecular formula is C15H24N2O2. The lowest BCUT2D eigenvalue weighted by Crippen LogP contribution is -2.65. The van der Waals surface area contributed by atoms with E-state index in [9.17, 15) is 9.59 Å². The Morgan fingerprint density at radius 1 is 1.11 bits per heavy atom. The highest BCUT2D eigenvalue weighted by molar-refractivity contribution is 5.86. The summed E-state index contributed by atoms with van der Waals surface area (Å²) in [5.41, 5.74) is 5.39. The number of carbonyl (C=O) groups is 2. The fourth-order valence-corrected chi connectivity index (χ4v) is 5.50. The van der Waals surface area contributed by atoms with E-state index in [1.54, 1.807) is 13.8 Å². The molecule has 1 atom stereocenters. The van der Waals surface area contributed by atoms with Gasteiger partial charge < -0.3 is 10.6 Å². The molecule has 0 aromatic carbocycles. The van der Waals surface area contributed by atoms with E-state index in [2.05, 4.69) is 0 Å². The first kappa shape index (κ1) is 12.9. The molecule has 0 aliphatic heterocycles. The van der Waals surface area contributed by atoms with Crippen LogP contribution < -0.4 is 5.73 Å². The third-order valence-corrected chi connectivity index (χ3v) is 5.66. The monoisotopic (exact) mass is 264 g/mol. The number of hydrogen-bond donors (Lipinski definition) is 1. The fourth-order valence-electron chi connectivity index (χ4n) is 5.50. The predicted octanol–water partition coefficient (Wildman–Crippen LogP) is 1.68. The standard InChI is InChI=1S/C15H24N2O2/c1-9(14(16)19)17(10(2)18)15-6-11-3-12(7-15)5-13(4-11)8-15/h9,11-13H,3-8H2,1-2H3,(H2,16,19)/t9-,11?,12?,13?,15?/m0/s1. The van der Waals surface area contributed by atoms with Crippen molar-refractivity contribution in [2.75, 3.05) is 0 Å². The van der Waals surface area contributed by atoms with Gasteiger partial charge in [-0.1, -0.05) is 0 Å². The van der Waals surface area contributed by atoms with Gasteiger partial charge in [-0.15, -0.1) is 0 Å². The van der Waals surface area contributed by atoms with Crippen LogP contribution in [0.4, 0.5) is 0 Å². The van der Waals surface area contributed by atoms with Gasteiger partial charge in [0.05, 0.1) is 0 Å². The third kappa shape index (κ3) is 1.96. The van der Waals surface area contributed by atoms with Crippen molar-refractivity contribution in [1.82, 2.24) is 4.90 Å². The van der Waals surface area contributed by atoms with Gasteiger partial charge in [-0.3, -0.25) is 9.59 Å². The summed E-state index contributed by atoms with van der Waals surface area (Å²) in [6, 6.07) is -0.478. The van der Waals surface area contributed by atoms with Crippen LogP contribution in [0.25, 0.3) is 0 Å². The highest BCUT2D eigenvalue weighted by atomic mass is 16.2. The van der Waals surface area contributed by atoms with Crippen molar-refractivity contribution >= 4 is 11.8 Å². The maximum atomic E-state index is 12.1. The van der Waals surface area contributed by atoms with Crippen LogP contribution in [-0.4, -0.2) is 28.3 Å². The van der Waals surface area contributed by atoms with Crippen LogP contribution >= 0.6 is 0 Å². The molecular weight excluding hydrogens is 240 g/mol. The summed E-state index contributed by atoms with van der Waals surface area (Å²) in [6.07, 6.45) is 7.23. The molecule has 0 saturated heterocycles. The van der Waals surface area contributed by atoms with Crippen molar-refractivity contribution in [3.8, 4) is 0 Å². The van der Waals surface area contributed by atoms with E-state index in [4.69, 9.17) is 5.73 Å². The Balaban J connectivity index is 1.93. The molecule has 4 saturated carbocycles. The topological polar surface area (TPSA) is 63.4 Å². The molecule has 4 aliphatic rings. The van der Waals surface area contributed by atoms with E-state index in [-0.39, 0.29) is 17.4 Å². The molecule has 19 heavy (non-hydrogen) atoms. The lowest BCUT2D eigenvalue weighted by Gasteiger charge is -2.61. The molecule has 4 nitrogen and oxygen atoms in total. The van der Waals surface area contributed by atoms with Gasteiger partial charge >= 0.3 is 0 Å². The molecule has 2 N–H and O–H groups in total. The molecule has 0 heterocycles. The van der Waals surface area contributed by atoms with Gasteiger partial charge in [-0.25, -0.2) is 0 Å². The summed E-state index contributed by atoms with van der Waals surface area (Å²) in [5.74, 6) is 1.90. The minimum absolute atomic E-state index is 0.00764. The number of amides is 2. The number of primary amides is 1. The zero-order valence-electron chi connectivity index (χ0n) is 11.9. The molecule has 4 aliphatic carbocycles. The van der Waals surface area contributed by atoms with Gasteiger partial charge in [0.1, 0.15) is 6.04 Å². The summed E-state index contributed by atoms with van der Waals surface area (Å²) < 4.78 is 0. The highest BCUT2D eigenvalue weighted by Gasteiger charge is 2.55. The van der Waals surface area contributed by atoms with Gasteiger partial charge in [0, 0.05) is 12.5 Å². The normalized spacial score (nSPS) is 41.1. The minimum Gasteiger partial charge on any atom is -0.368 e. The predicted molar refractivity (Wildman–Crippen MR) is 72.1 cm³/mol. The van der Waals surface area contributed by atoms with Crippen LogP contribution in [0.5, 0.6) is 0 Å². The Kier molecular flexibility index (Phi) is 2.88. The largest absolute Gasteiger partial charge is 0.368 e. The SMILES string of the molecule is CC(=O)N([C@@H](C)C(N)=O)C12CC3CC(CC(C3)C1)C2. The Morgan fingerprint density at radius 2 is 1.53 bits per heavy atom. The van der Waals surface area contributed by atoms with Crippen molar-refractivity contribution in [2.24, 2.45) is 23.5 Å². The lowest BCUT2D eigenvalue weighted by atomic mass is 9.52. The quantitative estimate of drug-likeness (QED) is 0.843. The summed E-state index contributed by atoms with van der Waals surface area (Å²) in [6.45, 7) is 3.36.